The molecule has 34 heavy (non-hydrogen) atoms. The van der Waals surface area contributed by atoms with Crippen LogP contribution in [0.1, 0.15) is 67.2 Å². The Hall–Kier alpha value is 0.114. The van der Waals surface area contributed by atoms with Crippen LogP contribution < -0.4 is 0 Å². The Morgan fingerprint density at radius 2 is 0.676 bits per heavy atom. The molecule has 6 fully saturated rings. The van der Waals surface area contributed by atoms with Crippen LogP contribution in [0.25, 0.3) is 0 Å². The van der Waals surface area contributed by atoms with Gasteiger partial charge in [0.2, 0.25) is 0 Å². The first-order valence-corrected chi connectivity index (χ1v) is 17.5. The third-order valence-electron chi connectivity index (χ3n) is 7.09. The number of unbranched alkanes of at least 4 members (excludes halogenated alkanes) is 3. The number of hydrogen-bond acceptors (Lipinski definition) is 8. The second kappa shape index (κ2) is 11.7. The summed E-state index contributed by atoms with van der Waals surface area (Å²) in [5, 5.41) is 0. The van der Waals surface area contributed by atoms with Crippen molar-refractivity contribution in [1.29, 1.82) is 0 Å². The number of fused-ring (bicyclic) bond motifs is 12. The molecule has 198 valence electrons. The lowest BCUT2D eigenvalue weighted by atomic mass is 10.2. The van der Waals surface area contributed by atoms with E-state index in [0.29, 0.717) is 0 Å². The second-order valence-corrected chi connectivity index (χ2v) is 16.4. The molecule has 6 saturated heterocycles. The van der Waals surface area contributed by atoms with Crippen molar-refractivity contribution in [1.82, 2.24) is 9.80 Å². The summed E-state index contributed by atoms with van der Waals surface area (Å²) in [5.41, 5.74) is 0. The van der Waals surface area contributed by atoms with Crippen LogP contribution in [-0.2, 0) is 26.6 Å². The molecule has 0 aliphatic carbocycles. The first kappa shape index (κ1) is 27.2. The van der Waals surface area contributed by atoms with E-state index in [1.165, 1.54) is 0 Å². The monoisotopic (exact) mass is 516 g/mol. The maximum absolute atomic E-state index is 6.50. The van der Waals surface area contributed by atoms with Crippen LogP contribution in [0.4, 0.5) is 0 Å². The summed E-state index contributed by atoms with van der Waals surface area (Å²) in [6.45, 7) is 18.7. The van der Waals surface area contributed by atoms with Crippen molar-refractivity contribution in [2.75, 3.05) is 39.3 Å². The molecule has 0 unspecified atom stereocenters. The van der Waals surface area contributed by atoms with Crippen LogP contribution in [0.2, 0.25) is 12.1 Å². The molecule has 6 rings (SSSR count). The van der Waals surface area contributed by atoms with Crippen molar-refractivity contribution >= 4 is 17.6 Å². The molecular formula is C24H48N2O6Si2. The van der Waals surface area contributed by atoms with E-state index in [4.69, 9.17) is 26.6 Å². The Morgan fingerprint density at radius 3 is 0.912 bits per heavy atom. The third kappa shape index (κ3) is 7.33. The highest BCUT2D eigenvalue weighted by atomic mass is 28.4. The fraction of sp³-hybridized carbons (Fsp3) is 1.00. The van der Waals surface area contributed by atoms with E-state index < -0.39 is 17.6 Å². The van der Waals surface area contributed by atoms with Gasteiger partial charge >= 0.3 is 17.6 Å². The summed E-state index contributed by atoms with van der Waals surface area (Å²) in [6, 6.07) is 1.80. The molecule has 0 aromatic carbocycles. The molecule has 0 N–H and O–H groups in total. The van der Waals surface area contributed by atoms with Crippen molar-refractivity contribution < 1.29 is 26.6 Å². The van der Waals surface area contributed by atoms with E-state index in [1.807, 2.05) is 0 Å². The highest BCUT2D eigenvalue weighted by Crippen LogP contribution is 2.32. The van der Waals surface area contributed by atoms with Gasteiger partial charge < -0.3 is 26.6 Å². The minimum absolute atomic E-state index is 0.156. The van der Waals surface area contributed by atoms with Crippen LogP contribution in [-0.4, -0.2) is 103 Å². The second-order valence-electron chi connectivity index (χ2n) is 11.3. The molecule has 0 aromatic rings. The summed E-state index contributed by atoms with van der Waals surface area (Å²) in [4.78, 5) is 4.83. The zero-order chi connectivity index (χ0) is 24.3. The summed E-state index contributed by atoms with van der Waals surface area (Å²) in [6.07, 6.45) is 5.34. The summed E-state index contributed by atoms with van der Waals surface area (Å²) in [5.74, 6) is 0. The molecule has 0 spiro atoms. The van der Waals surface area contributed by atoms with Gasteiger partial charge in [0.05, 0.1) is 36.6 Å². The quantitative estimate of drug-likeness (QED) is 0.376. The standard InChI is InChI=1S/C24H48N2O6Si2/c1-19-13-25-14-20(2)28-33(27-19,29-21(3)15-25)11-9-7-8-10-12-34-30-22(4)16-26(17-23(5)31-34)18-24(6)32-34/h19-24H,7-18H2,1-6H3/t19-,20-,21+,22-,23-,24+/m1/s1. The van der Waals surface area contributed by atoms with Crippen LogP contribution in [0.15, 0.2) is 0 Å². The Kier molecular flexibility index (Phi) is 9.31. The van der Waals surface area contributed by atoms with Gasteiger partial charge in [0, 0.05) is 51.4 Å². The van der Waals surface area contributed by atoms with E-state index in [1.54, 1.807) is 0 Å². The lowest BCUT2D eigenvalue weighted by Crippen LogP contribution is -2.61. The first-order chi connectivity index (χ1) is 16.1. The average molecular weight is 517 g/mol. The fourth-order valence-corrected chi connectivity index (χ4v) is 12.8. The highest BCUT2D eigenvalue weighted by molar-refractivity contribution is 6.61. The van der Waals surface area contributed by atoms with E-state index in [-0.39, 0.29) is 36.6 Å². The van der Waals surface area contributed by atoms with Gasteiger partial charge in [-0.15, -0.1) is 0 Å². The van der Waals surface area contributed by atoms with Crippen molar-refractivity contribution in [3.05, 3.63) is 0 Å². The van der Waals surface area contributed by atoms with Gasteiger partial charge in [-0.3, -0.25) is 9.80 Å². The third-order valence-corrected chi connectivity index (χ3v) is 13.6. The lowest BCUT2D eigenvalue weighted by molar-refractivity contribution is -0.0803. The zero-order valence-electron chi connectivity index (χ0n) is 22.3. The van der Waals surface area contributed by atoms with Crippen molar-refractivity contribution in [3.63, 3.8) is 0 Å². The molecule has 0 saturated carbocycles. The Morgan fingerprint density at radius 1 is 0.441 bits per heavy atom. The SMILES string of the molecule is C[C@@H]1CN2C[C@@H](C)O[Si](CCCCCC[Si]34O[C@H](C)CN(C[C@@H](C)O3)C[C@H](C)O4)(O1)O[C@@H](C)C2. The zero-order valence-corrected chi connectivity index (χ0v) is 24.3. The molecule has 4 bridgehead atoms. The van der Waals surface area contributed by atoms with Gasteiger partial charge in [-0.05, 0) is 54.4 Å². The highest BCUT2D eigenvalue weighted by Gasteiger charge is 2.50. The van der Waals surface area contributed by atoms with Gasteiger partial charge in [-0.1, -0.05) is 12.8 Å². The largest absolute Gasteiger partial charge is 0.501 e. The Balaban J connectivity index is 1.28. The van der Waals surface area contributed by atoms with Crippen LogP contribution >= 0.6 is 0 Å². The van der Waals surface area contributed by atoms with E-state index in [0.717, 1.165) is 77.0 Å². The topological polar surface area (TPSA) is 61.9 Å². The predicted molar refractivity (Wildman–Crippen MR) is 136 cm³/mol. The number of hydrogen-bond donors (Lipinski definition) is 0. The van der Waals surface area contributed by atoms with Gasteiger partial charge in [-0.25, -0.2) is 0 Å². The summed E-state index contributed by atoms with van der Waals surface area (Å²) >= 11 is 0. The molecule has 0 aromatic heterocycles. The maximum atomic E-state index is 6.50. The lowest BCUT2D eigenvalue weighted by Gasteiger charge is -2.45. The normalized spacial score (nSPS) is 47.8. The van der Waals surface area contributed by atoms with E-state index in [9.17, 15) is 0 Å². The molecule has 6 atom stereocenters. The smallest absolute Gasteiger partial charge is 0.369 e. The van der Waals surface area contributed by atoms with Gasteiger partial charge in [0.15, 0.2) is 0 Å². The molecule has 10 heteroatoms. The Labute approximate surface area is 209 Å². The minimum Gasteiger partial charge on any atom is -0.369 e. The predicted octanol–water partition coefficient (Wildman–Crippen LogP) is 3.51. The molecule has 6 heterocycles. The molecule has 0 amide bonds. The van der Waals surface area contributed by atoms with Gasteiger partial charge in [-0.2, -0.15) is 0 Å². The first-order valence-electron chi connectivity index (χ1n) is 13.7. The van der Waals surface area contributed by atoms with Gasteiger partial charge in [0.1, 0.15) is 0 Å². The molecular weight excluding hydrogens is 468 g/mol. The molecule has 0 radical (unpaired) electrons. The van der Waals surface area contributed by atoms with Crippen molar-refractivity contribution in [3.8, 4) is 0 Å². The van der Waals surface area contributed by atoms with Crippen LogP contribution in [0.3, 0.4) is 0 Å². The average Bonchev–Trinajstić information content (AvgIpc) is 2.65. The van der Waals surface area contributed by atoms with Crippen LogP contribution in [0, 0.1) is 0 Å². The molecule has 6 aliphatic rings. The molecule has 8 nitrogen and oxygen atoms in total. The fourth-order valence-electron chi connectivity index (χ4n) is 6.25. The van der Waals surface area contributed by atoms with Crippen LogP contribution in [0.5, 0.6) is 0 Å². The maximum Gasteiger partial charge on any atom is 0.501 e. The van der Waals surface area contributed by atoms with Gasteiger partial charge in [0.25, 0.3) is 0 Å². The van der Waals surface area contributed by atoms with E-state index >= 15 is 0 Å². The van der Waals surface area contributed by atoms with Crippen molar-refractivity contribution in [2.24, 2.45) is 0 Å². The summed E-state index contributed by atoms with van der Waals surface area (Å²) in [7, 11) is -5.34. The minimum atomic E-state index is -2.67. The van der Waals surface area contributed by atoms with E-state index in [2.05, 4.69) is 51.3 Å². The number of rotatable bonds is 7. The number of nitrogens with zero attached hydrogens (tertiary/aromatic N) is 2. The summed E-state index contributed by atoms with van der Waals surface area (Å²) < 4.78 is 39.0. The Bertz CT molecular complexity index is 535. The molecule has 6 aliphatic heterocycles. The van der Waals surface area contributed by atoms with Crippen molar-refractivity contribution in [2.45, 2.75) is 116 Å².